The van der Waals surface area contributed by atoms with Crippen LogP contribution in [0.1, 0.15) is 30.4 Å². The van der Waals surface area contributed by atoms with E-state index in [0.717, 1.165) is 16.7 Å². The molecule has 0 aliphatic rings. The minimum absolute atomic E-state index is 0.0822. The van der Waals surface area contributed by atoms with Gasteiger partial charge in [-0.3, -0.25) is 14.2 Å². The summed E-state index contributed by atoms with van der Waals surface area (Å²) in [7, 11) is 1.65. The van der Waals surface area contributed by atoms with Gasteiger partial charge in [0.25, 0.3) is 6.43 Å². The van der Waals surface area contributed by atoms with Gasteiger partial charge in [-0.05, 0) is 35.8 Å². The molecule has 0 radical (unpaired) electrons. The maximum Gasteiger partial charge on any atom is 0.282 e. The van der Waals surface area contributed by atoms with Gasteiger partial charge >= 0.3 is 0 Å². The van der Waals surface area contributed by atoms with Crippen LogP contribution >= 0.6 is 15.9 Å². The predicted molar refractivity (Wildman–Crippen MR) is 84.0 cm³/mol. The highest BCUT2D eigenvalue weighted by Gasteiger charge is 2.18. The van der Waals surface area contributed by atoms with Crippen LogP contribution in [0.3, 0.4) is 0 Å². The number of halogens is 3. The third-order valence-corrected chi connectivity index (χ3v) is 4.10. The van der Waals surface area contributed by atoms with E-state index in [0.29, 0.717) is 12.2 Å². The molecule has 2 rings (SSSR count). The lowest BCUT2D eigenvalue weighted by molar-refractivity contribution is -0.131. The summed E-state index contributed by atoms with van der Waals surface area (Å²) in [6, 6.07) is 1.29. The van der Waals surface area contributed by atoms with E-state index in [1.54, 1.807) is 18.7 Å². The lowest BCUT2D eigenvalue weighted by Crippen LogP contribution is -2.30. The topological polar surface area (TPSA) is 56.0 Å². The van der Waals surface area contributed by atoms with E-state index in [-0.39, 0.29) is 18.1 Å². The summed E-state index contributed by atoms with van der Waals surface area (Å²) < 4.78 is 29.2. The van der Waals surface area contributed by atoms with Crippen LogP contribution < -0.4 is 0 Å². The highest BCUT2D eigenvalue weighted by atomic mass is 79.9. The van der Waals surface area contributed by atoms with Crippen LogP contribution in [0.5, 0.6) is 0 Å². The van der Waals surface area contributed by atoms with Crippen molar-refractivity contribution in [3.05, 3.63) is 33.8 Å². The van der Waals surface area contributed by atoms with Gasteiger partial charge < -0.3 is 4.90 Å². The van der Waals surface area contributed by atoms with Crippen molar-refractivity contribution in [3.8, 4) is 0 Å². The Balaban J connectivity index is 2.03. The maximum atomic E-state index is 12.6. The van der Waals surface area contributed by atoms with E-state index >= 15 is 0 Å². The molecule has 0 bridgehead atoms. The first-order valence-electron chi connectivity index (χ1n) is 7.10. The normalized spacial score (nSPS) is 11.3. The molecule has 0 N–H and O–H groups in total. The van der Waals surface area contributed by atoms with E-state index in [2.05, 4.69) is 26.1 Å². The second-order valence-corrected chi connectivity index (χ2v) is 6.05. The predicted octanol–water partition coefficient (Wildman–Crippen LogP) is 2.77. The minimum atomic E-state index is -2.64. The Morgan fingerprint density at radius 2 is 2.13 bits per heavy atom. The molecule has 2 aromatic heterocycles. The molecule has 126 valence electrons. The first-order valence-corrected chi connectivity index (χ1v) is 7.89. The van der Waals surface area contributed by atoms with Gasteiger partial charge in [0.1, 0.15) is 12.2 Å². The zero-order valence-electron chi connectivity index (χ0n) is 13.1. The number of amides is 1. The fourth-order valence-corrected chi connectivity index (χ4v) is 2.51. The number of carbonyl (C=O) groups is 1. The SMILES string of the molecule is CCn1cc(Br)c(CN(C)C(=O)Cn2nc(C(F)F)cc2C)n1. The molecule has 1 amide bonds. The molecule has 0 atom stereocenters. The van der Waals surface area contributed by atoms with Crippen LogP contribution in [0, 0.1) is 6.92 Å². The molecule has 0 unspecified atom stereocenters. The number of alkyl halides is 2. The summed E-state index contributed by atoms with van der Waals surface area (Å²) in [5, 5.41) is 8.12. The average Bonchev–Trinajstić information content (AvgIpc) is 3.03. The number of likely N-dealkylation sites (N-methyl/N-ethyl adjacent to an activating group) is 1. The Kier molecular flexibility index (Phi) is 5.51. The quantitative estimate of drug-likeness (QED) is 0.762. The van der Waals surface area contributed by atoms with Crippen LogP contribution in [-0.4, -0.2) is 37.4 Å². The molecule has 0 saturated heterocycles. The fourth-order valence-electron chi connectivity index (χ4n) is 2.07. The summed E-state index contributed by atoms with van der Waals surface area (Å²) in [6.45, 7) is 4.60. The first-order chi connectivity index (χ1) is 10.8. The number of nitrogens with zero attached hydrogens (tertiary/aromatic N) is 5. The zero-order valence-corrected chi connectivity index (χ0v) is 14.7. The molecular formula is C14H18BrF2N5O. The summed E-state index contributed by atoms with van der Waals surface area (Å²) in [6.07, 6.45) is -0.794. The number of hydrogen-bond acceptors (Lipinski definition) is 3. The minimum Gasteiger partial charge on any atom is -0.338 e. The van der Waals surface area contributed by atoms with Crippen LogP contribution in [-0.2, 0) is 24.4 Å². The Morgan fingerprint density at radius 3 is 2.65 bits per heavy atom. The molecule has 0 aliphatic carbocycles. The van der Waals surface area contributed by atoms with Gasteiger partial charge in [0.05, 0.1) is 16.7 Å². The van der Waals surface area contributed by atoms with Gasteiger partial charge in [-0.2, -0.15) is 10.2 Å². The van der Waals surface area contributed by atoms with Gasteiger partial charge in [0.2, 0.25) is 5.91 Å². The Morgan fingerprint density at radius 1 is 1.43 bits per heavy atom. The summed E-state index contributed by atoms with van der Waals surface area (Å²) in [5.41, 5.74) is 0.953. The molecular weight excluding hydrogens is 372 g/mol. The van der Waals surface area contributed by atoms with Crippen molar-refractivity contribution in [2.45, 2.75) is 39.9 Å². The van der Waals surface area contributed by atoms with Crippen molar-refractivity contribution in [2.75, 3.05) is 7.05 Å². The van der Waals surface area contributed by atoms with Crippen LogP contribution in [0.4, 0.5) is 8.78 Å². The van der Waals surface area contributed by atoms with Crippen molar-refractivity contribution in [1.29, 1.82) is 0 Å². The molecule has 0 saturated carbocycles. The second kappa shape index (κ2) is 7.20. The van der Waals surface area contributed by atoms with Crippen LogP contribution in [0.15, 0.2) is 16.7 Å². The van der Waals surface area contributed by atoms with Crippen molar-refractivity contribution in [3.63, 3.8) is 0 Å². The van der Waals surface area contributed by atoms with Gasteiger partial charge in [-0.25, -0.2) is 8.78 Å². The van der Waals surface area contributed by atoms with Crippen LogP contribution in [0.25, 0.3) is 0 Å². The lowest BCUT2D eigenvalue weighted by atomic mass is 10.3. The average molecular weight is 390 g/mol. The molecule has 6 nitrogen and oxygen atoms in total. The van der Waals surface area contributed by atoms with E-state index in [4.69, 9.17) is 0 Å². The van der Waals surface area contributed by atoms with Gasteiger partial charge in [0, 0.05) is 25.5 Å². The van der Waals surface area contributed by atoms with Gasteiger partial charge in [0.15, 0.2) is 0 Å². The largest absolute Gasteiger partial charge is 0.338 e. The van der Waals surface area contributed by atoms with Crippen molar-refractivity contribution < 1.29 is 13.6 Å². The van der Waals surface area contributed by atoms with Crippen molar-refractivity contribution in [1.82, 2.24) is 24.5 Å². The highest BCUT2D eigenvalue weighted by Crippen LogP contribution is 2.19. The van der Waals surface area contributed by atoms with E-state index in [9.17, 15) is 13.6 Å². The molecule has 0 aliphatic heterocycles. The Hall–Kier alpha value is -1.77. The highest BCUT2D eigenvalue weighted by molar-refractivity contribution is 9.10. The lowest BCUT2D eigenvalue weighted by Gasteiger charge is -2.16. The number of hydrogen-bond donors (Lipinski definition) is 0. The molecule has 0 fully saturated rings. The Labute approximate surface area is 141 Å². The maximum absolute atomic E-state index is 12.6. The van der Waals surface area contributed by atoms with E-state index in [1.165, 1.54) is 15.6 Å². The third-order valence-electron chi connectivity index (χ3n) is 3.43. The summed E-state index contributed by atoms with van der Waals surface area (Å²) in [4.78, 5) is 13.8. The third kappa shape index (κ3) is 4.15. The molecule has 2 heterocycles. The van der Waals surface area contributed by atoms with Gasteiger partial charge in [-0.1, -0.05) is 0 Å². The zero-order chi connectivity index (χ0) is 17.1. The smallest absolute Gasteiger partial charge is 0.282 e. The fraction of sp³-hybridized carbons (Fsp3) is 0.500. The van der Waals surface area contributed by atoms with Gasteiger partial charge in [-0.15, -0.1) is 0 Å². The number of carbonyl (C=O) groups excluding carboxylic acids is 1. The molecule has 0 spiro atoms. The Bertz CT molecular complexity index is 697. The second-order valence-electron chi connectivity index (χ2n) is 5.20. The van der Waals surface area contributed by atoms with Crippen molar-refractivity contribution >= 4 is 21.8 Å². The summed E-state index contributed by atoms with van der Waals surface area (Å²) in [5.74, 6) is -0.227. The van der Waals surface area contributed by atoms with Crippen LogP contribution in [0.2, 0.25) is 0 Å². The molecule has 9 heteroatoms. The summed E-state index contributed by atoms with van der Waals surface area (Å²) >= 11 is 3.41. The van der Waals surface area contributed by atoms with E-state index < -0.39 is 6.43 Å². The standard InChI is InChI=1S/C14H18BrF2N5O/c1-4-21-6-10(15)12(18-21)7-20(3)13(23)8-22-9(2)5-11(19-22)14(16)17/h5-6,14H,4,7-8H2,1-3H3. The number of rotatable bonds is 6. The number of aryl methyl sites for hydroxylation is 2. The van der Waals surface area contributed by atoms with Crippen molar-refractivity contribution in [2.24, 2.45) is 0 Å². The molecule has 23 heavy (non-hydrogen) atoms. The molecule has 2 aromatic rings. The monoisotopic (exact) mass is 389 g/mol. The first kappa shape index (κ1) is 17.6. The van der Waals surface area contributed by atoms with E-state index in [1.807, 2.05) is 13.1 Å². The number of aromatic nitrogens is 4. The molecule has 0 aromatic carbocycles.